The third kappa shape index (κ3) is 2.91. The number of methoxy groups -OCH3 is 2. The summed E-state index contributed by atoms with van der Waals surface area (Å²) in [7, 11) is 3.08. The summed E-state index contributed by atoms with van der Waals surface area (Å²) in [6.07, 6.45) is 2.25. The molecule has 1 rings (SSSR count). The molecule has 1 saturated heterocycles. The summed E-state index contributed by atoms with van der Waals surface area (Å²) in [6, 6.07) is 0.110. The molecule has 13 heavy (non-hydrogen) atoms. The number of nitrogens with one attached hydrogen (secondary N) is 1. The summed E-state index contributed by atoms with van der Waals surface area (Å²) in [5, 5.41) is 13.1. The Hall–Kier alpha value is -0.160. The summed E-state index contributed by atoms with van der Waals surface area (Å²) in [5.41, 5.74) is 0. The van der Waals surface area contributed by atoms with Gasteiger partial charge in [0.15, 0.2) is 6.29 Å². The third-order valence-corrected chi connectivity index (χ3v) is 2.50. The van der Waals surface area contributed by atoms with Crippen LogP contribution < -0.4 is 5.32 Å². The second kappa shape index (κ2) is 5.54. The van der Waals surface area contributed by atoms with Gasteiger partial charge in [-0.05, 0) is 19.4 Å². The largest absolute Gasteiger partial charge is 0.386 e. The fourth-order valence-corrected chi connectivity index (χ4v) is 1.74. The Balaban J connectivity index is 2.38. The number of aliphatic hydroxyl groups is 1. The van der Waals surface area contributed by atoms with E-state index in [1.54, 1.807) is 14.2 Å². The van der Waals surface area contributed by atoms with Gasteiger partial charge in [-0.2, -0.15) is 0 Å². The van der Waals surface area contributed by atoms with E-state index in [2.05, 4.69) is 5.32 Å². The van der Waals surface area contributed by atoms with Crippen molar-refractivity contribution >= 4 is 0 Å². The van der Waals surface area contributed by atoms with Crippen LogP contribution in [0.5, 0.6) is 0 Å². The number of hydrogen-bond acceptors (Lipinski definition) is 4. The van der Waals surface area contributed by atoms with Crippen molar-refractivity contribution in [2.75, 3.05) is 20.8 Å². The first-order valence-electron chi connectivity index (χ1n) is 4.76. The molecule has 0 radical (unpaired) electrons. The number of piperidine rings is 1. The Kier molecular flexibility index (Phi) is 4.66. The number of ether oxygens (including phenoxy) is 2. The maximum absolute atomic E-state index is 9.82. The zero-order valence-electron chi connectivity index (χ0n) is 8.32. The van der Waals surface area contributed by atoms with Crippen molar-refractivity contribution < 1.29 is 14.6 Å². The number of aliphatic hydroxyl groups excluding tert-OH is 1. The highest BCUT2D eigenvalue weighted by molar-refractivity contribution is 4.81. The molecular formula is C9H19NO3. The van der Waals surface area contributed by atoms with Crippen LogP contribution in [0.15, 0.2) is 0 Å². The van der Waals surface area contributed by atoms with E-state index in [4.69, 9.17) is 9.47 Å². The van der Waals surface area contributed by atoms with Crippen LogP contribution in [0.25, 0.3) is 0 Å². The van der Waals surface area contributed by atoms with Crippen molar-refractivity contribution in [3.05, 3.63) is 0 Å². The van der Waals surface area contributed by atoms with Crippen LogP contribution in [-0.2, 0) is 9.47 Å². The molecule has 0 saturated carbocycles. The number of hydrogen-bond donors (Lipinski definition) is 2. The SMILES string of the molecule is COC(OC)C(O)C1CCCCN1. The average Bonchev–Trinajstić information content (AvgIpc) is 2.21. The summed E-state index contributed by atoms with van der Waals surface area (Å²) in [6.45, 7) is 0.974. The van der Waals surface area contributed by atoms with Gasteiger partial charge in [-0.15, -0.1) is 0 Å². The van der Waals surface area contributed by atoms with Gasteiger partial charge < -0.3 is 19.9 Å². The summed E-state index contributed by atoms with van der Waals surface area (Å²) >= 11 is 0. The molecular weight excluding hydrogens is 170 g/mol. The minimum atomic E-state index is -0.574. The zero-order valence-corrected chi connectivity index (χ0v) is 8.32. The molecule has 2 unspecified atom stereocenters. The van der Waals surface area contributed by atoms with Crippen molar-refractivity contribution in [1.82, 2.24) is 5.32 Å². The molecule has 0 aromatic rings. The van der Waals surface area contributed by atoms with Crippen LogP contribution in [-0.4, -0.2) is 44.3 Å². The van der Waals surface area contributed by atoms with E-state index < -0.39 is 12.4 Å². The highest BCUT2D eigenvalue weighted by Gasteiger charge is 2.28. The molecule has 0 aromatic heterocycles. The molecule has 4 nitrogen and oxygen atoms in total. The maximum Gasteiger partial charge on any atom is 0.184 e. The zero-order chi connectivity index (χ0) is 9.68. The lowest BCUT2D eigenvalue weighted by molar-refractivity contribution is -0.173. The van der Waals surface area contributed by atoms with Crippen molar-refractivity contribution in [2.45, 2.75) is 37.7 Å². The highest BCUT2D eigenvalue weighted by atomic mass is 16.7. The highest BCUT2D eigenvalue weighted by Crippen LogP contribution is 2.14. The Morgan fingerprint density at radius 1 is 1.31 bits per heavy atom. The predicted octanol–water partition coefficient (Wildman–Crippen LogP) is 0.108. The Morgan fingerprint density at radius 2 is 2.00 bits per heavy atom. The van der Waals surface area contributed by atoms with Crippen LogP contribution >= 0.6 is 0 Å². The van der Waals surface area contributed by atoms with Crippen LogP contribution in [0.3, 0.4) is 0 Å². The van der Waals surface area contributed by atoms with Crippen LogP contribution in [0.2, 0.25) is 0 Å². The Morgan fingerprint density at radius 3 is 2.46 bits per heavy atom. The van der Waals surface area contributed by atoms with Gasteiger partial charge in [-0.3, -0.25) is 0 Å². The molecule has 2 N–H and O–H groups in total. The van der Waals surface area contributed by atoms with Crippen LogP contribution in [0.4, 0.5) is 0 Å². The van der Waals surface area contributed by atoms with E-state index in [1.807, 2.05) is 0 Å². The fourth-order valence-electron chi connectivity index (χ4n) is 1.74. The quantitative estimate of drug-likeness (QED) is 0.616. The molecule has 4 heteroatoms. The lowest BCUT2D eigenvalue weighted by Crippen LogP contribution is -2.49. The van der Waals surface area contributed by atoms with Gasteiger partial charge in [0.05, 0.1) is 0 Å². The second-order valence-electron chi connectivity index (χ2n) is 3.39. The smallest absolute Gasteiger partial charge is 0.184 e. The van der Waals surface area contributed by atoms with Gasteiger partial charge in [-0.1, -0.05) is 6.42 Å². The van der Waals surface area contributed by atoms with Crippen LogP contribution in [0, 0.1) is 0 Å². The molecule has 78 valence electrons. The minimum absolute atomic E-state index is 0.110. The average molecular weight is 189 g/mol. The van der Waals surface area contributed by atoms with Gasteiger partial charge in [0.25, 0.3) is 0 Å². The normalized spacial score (nSPS) is 26.3. The van der Waals surface area contributed by atoms with Gasteiger partial charge >= 0.3 is 0 Å². The van der Waals surface area contributed by atoms with Crippen molar-refractivity contribution in [3.8, 4) is 0 Å². The Labute approximate surface area is 79.2 Å². The predicted molar refractivity (Wildman–Crippen MR) is 49.5 cm³/mol. The van der Waals surface area contributed by atoms with E-state index in [0.717, 1.165) is 19.4 Å². The maximum atomic E-state index is 9.82. The Bertz CT molecular complexity index is 133. The van der Waals surface area contributed by atoms with E-state index >= 15 is 0 Å². The van der Waals surface area contributed by atoms with Crippen molar-refractivity contribution in [2.24, 2.45) is 0 Å². The van der Waals surface area contributed by atoms with E-state index in [0.29, 0.717) is 0 Å². The van der Waals surface area contributed by atoms with Gasteiger partial charge in [0, 0.05) is 20.3 Å². The van der Waals surface area contributed by atoms with Crippen molar-refractivity contribution in [1.29, 1.82) is 0 Å². The second-order valence-corrected chi connectivity index (χ2v) is 3.39. The van der Waals surface area contributed by atoms with Gasteiger partial charge in [0.2, 0.25) is 0 Å². The third-order valence-electron chi connectivity index (χ3n) is 2.50. The fraction of sp³-hybridized carbons (Fsp3) is 1.00. The van der Waals surface area contributed by atoms with E-state index in [1.165, 1.54) is 6.42 Å². The molecule has 1 aliphatic heterocycles. The first-order chi connectivity index (χ1) is 6.29. The lowest BCUT2D eigenvalue weighted by Gasteiger charge is -2.31. The lowest BCUT2D eigenvalue weighted by atomic mass is 9.99. The van der Waals surface area contributed by atoms with Crippen LogP contribution in [0.1, 0.15) is 19.3 Å². The first-order valence-corrected chi connectivity index (χ1v) is 4.76. The first kappa shape index (κ1) is 10.9. The molecule has 0 aromatic carbocycles. The molecule has 2 atom stereocenters. The molecule has 0 aliphatic carbocycles. The van der Waals surface area contributed by atoms with E-state index in [-0.39, 0.29) is 6.04 Å². The molecule has 1 heterocycles. The van der Waals surface area contributed by atoms with Gasteiger partial charge in [-0.25, -0.2) is 0 Å². The summed E-state index contributed by atoms with van der Waals surface area (Å²) in [5.74, 6) is 0. The number of rotatable bonds is 4. The molecule has 1 fully saturated rings. The monoisotopic (exact) mass is 189 g/mol. The van der Waals surface area contributed by atoms with Gasteiger partial charge in [0.1, 0.15) is 6.10 Å². The summed E-state index contributed by atoms with van der Waals surface area (Å²) < 4.78 is 10.0. The molecule has 1 aliphatic rings. The summed E-state index contributed by atoms with van der Waals surface area (Å²) in [4.78, 5) is 0. The van der Waals surface area contributed by atoms with Crippen molar-refractivity contribution in [3.63, 3.8) is 0 Å². The van der Waals surface area contributed by atoms with E-state index in [9.17, 15) is 5.11 Å². The minimum Gasteiger partial charge on any atom is -0.386 e. The topological polar surface area (TPSA) is 50.7 Å². The molecule has 0 amide bonds. The standard InChI is InChI=1S/C9H19NO3/c1-12-9(13-2)8(11)7-5-3-4-6-10-7/h7-11H,3-6H2,1-2H3. The molecule has 0 spiro atoms. The molecule has 0 bridgehead atoms.